The van der Waals surface area contributed by atoms with E-state index in [0.29, 0.717) is 32.7 Å². The normalized spacial score (nSPS) is 12.9. The molecule has 1 aliphatic heterocycles. The number of carbonyl (C=O) groups is 1. The Morgan fingerprint density at radius 1 is 1.07 bits per heavy atom. The molecular weight excluding hydrogens is 366 g/mol. The van der Waals surface area contributed by atoms with E-state index in [2.05, 4.69) is 4.98 Å². The zero-order valence-corrected chi connectivity index (χ0v) is 16.4. The quantitative estimate of drug-likeness (QED) is 0.653. The number of ether oxygens (including phenoxy) is 2. The Kier molecular flexibility index (Phi) is 5.70. The molecule has 2 aromatic carbocycles. The van der Waals surface area contributed by atoms with Crippen molar-refractivity contribution in [3.8, 4) is 17.0 Å². The van der Waals surface area contributed by atoms with E-state index >= 15 is 0 Å². The Morgan fingerprint density at radius 3 is 2.62 bits per heavy atom. The van der Waals surface area contributed by atoms with E-state index in [-0.39, 0.29) is 6.09 Å². The first kappa shape index (κ1) is 18.9. The number of rotatable bonds is 5. The number of amides is 1. The predicted octanol–water partition coefficient (Wildman–Crippen LogP) is 4.24. The van der Waals surface area contributed by atoms with Crippen molar-refractivity contribution in [1.82, 2.24) is 14.9 Å². The van der Waals surface area contributed by atoms with Gasteiger partial charge in [0.15, 0.2) is 0 Å². The van der Waals surface area contributed by atoms with Crippen molar-refractivity contribution in [3.63, 3.8) is 0 Å². The summed E-state index contributed by atoms with van der Waals surface area (Å²) in [6.45, 7) is 3.73. The number of nitrogens with zero attached hydrogens (tertiary/aromatic N) is 3. The molecular formula is C23H23N3O3. The highest BCUT2D eigenvalue weighted by molar-refractivity contribution is 5.68. The molecule has 0 atom stereocenters. The third-order valence-electron chi connectivity index (χ3n) is 4.81. The van der Waals surface area contributed by atoms with Crippen LogP contribution in [0.15, 0.2) is 60.8 Å². The van der Waals surface area contributed by atoms with Crippen LogP contribution in [-0.4, -0.2) is 34.1 Å². The summed E-state index contributed by atoms with van der Waals surface area (Å²) in [5, 5.41) is 0. The van der Waals surface area contributed by atoms with Crippen LogP contribution in [0.4, 0.5) is 4.79 Å². The van der Waals surface area contributed by atoms with E-state index < -0.39 is 0 Å². The SMILES string of the molecule is CCOC(=O)N1CCc2ncc(-c3ccc(OCc4ccccc4)cc3)nc2C1. The average molecular weight is 389 g/mol. The van der Waals surface area contributed by atoms with Gasteiger partial charge in [-0.1, -0.05) is 30.3 Å². The minimum atomic E-state index is -0.301. The summed E-state index contributed by atoms with van der Waals surface area (Å²) in [7, 11) is 0. The first-order valence-corrected chi connectivity index (χ1v) is 9.76. The molecule has 29 heavy (non-hydrogen) atoms. The number of aromatic nitrogens is 2. The fourth-order valence-corrected chi connectivity index (χ4v) is 3.26. The molecule has 4 rings (SSSR count). The van der Waals surface area contributed by atoms with Crippen LogP contribution in [0.3, 0.4) is 0 Å². The molecule has 2 heterocycles. The fraction of sp³-hybridized carbons (Fsp3) is 0.261. The van der Waals surface area contributed by atoms with E-state index in [4.69, 9.17) is 14.5 Å². The summed E-state index contributed by atoms with van der Waals surface area (Å²) >= 11 is 0. The molecule has 3 aromatic rings. The third-order valence-corrected chi connectivity index (χ3v) is 4.81. The van der Waals surface area contributed by atoms with Crippen LogP contribution in [0.5, 0.6) is 5.75 Å². The standard InChI is InChI=1S/C23H23N3O3/c1-2-28-23(27)26-13-12-20-22(15-26)25-21(14-24-20)18-8-10-19(11-9-18)29-16-17-6-4-3-5-7-17/h3-11,14H,2,12-13,15-16H2,1H3. The number of carbonyl (C=O) groups excluding carboxylic acids is 1. The first-order chi connectivity index (χ1) is 14.2. The molecule has 0 unspecified atom stereocenters. The van der Waals surface area contributed by atoms with Gasteiger partial charge in [-0.25, -0.2) is 9.78 Å². The summed E-state index contributed by atoms with van der Waals surface area (Å²) < 4.78 is 10.9. The van der Waals surface area contributed by atoms with E-state index in [9.17, 15) is 4.79 Å². The maximum atomic E-state index is 12.0. The summed E-state index contributed by atoms with van der Waals surface area (Å²) in [5.74, 6) is 0.803. The number of hydrogen-bond donors (Lipinski definition) is 0. The molecule has 0 N–H and O–H groups in total. The topological polar surface area (TPSA) is 64.5 Å². The monoisotopic (exact) mass is 389 g/mol. The second-order valence-corrected chi connectivity index (χ2v) is 6.82. The zero-order chi connectivity index (χ0) is 20.1. The predicted molar refractivity (Wildman–Crippen MR) is 109 cm³/mol. The number of hydrogen-bond acceptors (Lipinski definition) is 5. The van der Waals surface area contributed by atoms with Gasteiger partial charge in [0.1, 0.15) is 12.4 Å². The smallest absolute Gasteiger partial charge is 0.410 e. The average Bonchev–Trinajstić information content (AvgIpc) is 2.78. The molecule has 1 aromatic heterocycles. The first-order valence-electron chi connectivity index (χ1n) is 9.76. The molecule has 0 spiro atoms. The van der Waals surface area contributed by atoms with Gasteiger partial charge >= 0.3 is 6.09 Å². The van der Waals surface area contributed by atoms with Crippen molar-refractivity contribution in [2.45, 2.75) is 26.5 Å². The lowest BCUT2D eigenvalue weighted by Crippen LogP contribution is -2.37. The molecule has 0 saturated carbocycles. The molecule has 0 saturated heterocycles. The lowest BCUT2D eigenvalue weighted by Gasteiger charge is -2.26. The molecule has 1 amide bonds. The fourth-order valence-electron chi connectivity index (χ4n) is 3.26. The summed E-state index contributed by atoms with van der Waals surface area (Å²) in [6.07, 6.45) is 2.18. The largest absolute Gasteiger partial charge is 0.489 e. The van der Waals surface area contributed by atoms with Gasteiger partial charge in [0.25, 0.3) is 0 Å². The van der Waals surface area contributed by atoms with Crippen LogP contribution in [0, 0.1) is 0 Å². The molecule has 148 valence electrons. The van der Waals surface area contributed by atoms with Crippen molar-refractivity contribution >= 4 is 6.09 Å². The summed E-state index contributed by atoms with van der Waals surface area (Å²) in [4.78, 5) is 23.0. The van der Waals surface area contributed by atoms with Gasteiger partial charge in [0, 0.05) is 18.5 Å². The van der Waals surface area contributed by atoms with Crippen LogP contribution < -0.4 is 4.74 Å². The summed E-state index contributed by atoms with van der Waals surface area (Å²) in [6, 6.07) is 17.9. The highest BCUT2D eigenvalue weighted by Crippen LogP contribution is 2.24. The Morgan fingerprint density at radius 2 is 1.86 bits per heavy atom. The molecule has 1 aliphatic rings. The minimum absolute atomic E-state index is 0.301. The molecule has 6 nitrogen and oxygen atoms in total. The van der Waals surface area contributed by atoms with E-state index in [1.807, 2.05) is 54.6 Å². The van der Waals surface area contributed by atoms with E-state index in [1.54, 1.807) is 18.0 Å². The van der Waals surface area contributed by atoms with Crippen LogP contribution in [0.2, 0.25) is 0 Å². The Hall–Kier alpha value is -3.41. The minimum Gasteiger partial charge on any atom is -0.489 e. The van der Waals surface area contributed by atoms with Gasteiger partial charge in [0.05, 0.1) is 36.4 Å². The maximum Gasteiger partial charge on any atom is 0.410 e. The van der Waals surface area contributed by atoms with Crippen LogP contribution >= 0.6 is 0 Å². The van der Waals surface area contributed by atoms with Gasteiger partial charge in [-0.15, -0.1) is 0 Å². The van der Waals surface area contributed by atoms with E-state index in [1.165, 1.54) is 0 Å². The molecule has 6 heteroatoms. The maximum absolute atomic E-state index is 12.0. The van der Waals surface area contributed by atoms with Crippen molar-refractivity contribution in [2.24, 2.45) is 0 Å². The lowest BCUT2D eigenvalue weighted by atomic mass is 10.1. The molecule has 0 radical (unpaired) electrons. The Labute approximate surface area is 170 Å². The molecule has 0 aliphatic carbocycles. The van der Waals surface area contributed by atoms with Gasteiger partial charge < -0.3 is 14.4 Å². The van der Waals surface area contributed by atoms with Gasteiger partial charge in [-0.05, 0) is 36.8 Å². The van der Waals surface area contributed by atoms with Gasteiger partial charge in [0.2, 0.25) is 0 Å². The molecule has 0 bridgehead atoms. The van der Waals surface area contributed by atoms with E-state index in [0.717, 1.165) is 34.0 Å². The van der Waals surface area contributed by atoms with Crippen molar-refractivity contribution in [3.05, 3.63) is 77.7 Å². The highest BCUT2D eigenvalue weighted by Gasteiger charge is 2.23. The van der Waals surface area contributed by atoms with Crippen molar-refractivity contribution in [1.29, 1.82) is 0 Å². The van der Waals surface area contributed by atoms with Crippen molar-refractivity contribution < 1.29 is 14.3 Å². The van der Waals surface area contributed by atoms with Crippen LogP contribution in [-0.2, 0) is 24.3 Å². The lowest BCUT2D eigenvalue weighted by molar-refractivity contribution is 0.102. The van der Waals surface area contributed by atoms with Crippen molar-refractivity contribution in [2.75, 3.05) is 13.2 Å². The zero-order valence-electron chi connectivity index (χ0n) is 16.4. The van der Waals surface area contributed by atoms with Gasteiger partial charge in [-0.2, -0.15) is 0 Å². The molecule has 0 fully saturated rings. The Bertz CT molecular complexity index is 974. The number of fused-ring (bicyclic) bond motifs is 1. The second-order valence-electron chi connectivity index (χ2n) is 6.82. The highest BCUT2D eigenvalue weighted by atomic mass is 16.6. The second kappa shape index (κ2) is 8.73. The van der Waals surface area contributed by atoms with Gasteiger partial charge in [-0.3, -0.25) is 4.98 Å². The van der Waals surface area contributed by atoms with Crippen LogP contribution in [0.1, 0.15) is 23.9 Å². The van der Waals surface area contributed by atoms with Crippen LogP contribution in [0.25, 0.3) is 11.3 Å². The summed E-state index contributed by atoms with van der Waals surface area (Å²) in [5.41, 5.74) is 4.64. The number of benzene rings is 2. The Balaban J connectivity index is 1.45. The third kappa shape index (κ3) is 4.54.